The minimum atomic E-state index is -3.64. The van der Waals surface area contributed by atoms with Gasteiger partial charge in [-0.25, -0.2) is 8.42 Å². The molecule has 0 fully saturated rings. The van der Waals surface area contributed by atoms with Gasteiger partial charge in [0, 0.05) is 7.05 Å². The molecule has 0 radical (unpaired) electrons. The Morgan fingerprint density at radius 2 is 1.97 bits per heavy atom. The molecule has 2 heterocycles. The predicted octanol–water partition coefficient (Wildman–Crippen LogP) is 2.84. The van der Waals surface area contributed by atoms with Crippen LogP contribution in [-0.2, 0) is 21.4 Å². The van der Waals surface area contributed by atoms with Crippen molar-refractivity contribution >= 4 is 33.0 Å². The van der Waals surface area contributed by atoms with E-state index in [-0.39, 0.29) is 24.9 Å². The highest BCUT2D eigenvalue weighted by molar-refractivity contribution is 7.92. The van der Waals surface area contributed by atoms with Gasteiger partial charge in [-0.2, -0.15) is 4.98 Å². The summed E-state index contributed by atoms with van der Waals surface area (Å²) in [5, 5.41) is 5.83. The molecule has 1 aromatic carbocycles. The van der Waals surface area contributed by atoms with Crippen LogP contribution < -0.4 is 4.31 Å². The molecule has 154 valence electrons. The third-order valence-corrected chi connectivity index (χ3v) is 6.47. The van der Waals surface area contributed by atoms with Crippen LogP contribution in [0.5, 0.6) is 0 Å². The second kappa shape index (κ2) is 8.34. The van der Waals surface area contributed by atoms with Crippen molar-refractivity contribution in [3.05, 3.63) is 52.7 Å². The summed E-state index contributed by atoms with van der Waals surface area (Å²) in [6.45, 7) is 3.61. The normalized spacial score (nSPS) is 11.4. The van der Waals surface area contributed by atoms with E-state index in [9.17, 15) is 13.2 Å². The van der Waals surface area contributed by atoms with E-state index in [1.54, 1.807) is 19.2 Å². The molecule has 0 N–H and O–H groups in total. The number of thiophene rings is 1. The summed E-state index contributed by atoms with van der Waals surface area (Å²) in [7, 11) is -2.07. The molecule has 0 aliphatic heterocycles. The van der Waals surface area contributed by atoms with E-state index < -0.39 is 10.0 Å². The van der Waals surface area contributed by atoms with Gasteiger partial charge in [0.1, 0.15) is 6.54 Å². The number of benzene rings is 1. The number of nitrogens with zero attached hydrogens (tertiary/aromatic N) is 4. The molecular formula is C19H22N4O4S2. The topological polar surface area (TPSA) is 96.6 Å². The Morgan fingerprint density at radius 3 is 2.59 bits per heavy atom. The summed E-state index contributed by atoms with van der Waals surface area (Å²) >= 11 is 1.49. The zero-order valence-electron chi connectivity index (χ0n) is 16.6. The van der Waals surface area contributed by atoms with Crippen LogP contribution in [-0.4, -0.2) is 49.2 Å². The smallest absolute Gasteiger partial charge is 0.246 e. The molecular weight excluding hydrogens is 412 g/mol. The summed E-state index contributed by atoms with van der Waals surface area (Å²) in [5.41, 5.74) is 2.45. The van der Waals surface area contributed by atoms with Crippen molar-refractivity contribution in [3.8, 4) is 10.7 Å². The van der Waals surface area contributed by atoms with Crippen LogP contribution in [0.4, 0.5) is 5.69 Å². The molecule has 0 aliphatic carbocycles. The van der Waals surface area contributed by atoms with E-state index in [4.69, 9.17) is 4.52 Å². The van der Waals surface area contributed by atoms with Gasteiger partial charge in [-0.3, -0.25) is 9.10 Å². The van der Waals surface area contributed by atoms with Gasteiger partial charge in [0.2, 0.25) is 27.6 Å². The monoisotopic (exact) mass is 434 g/mol. The van der Waals surface area contributed by atoms with Gasteiger partial charge >= 0.3 is 0 Å². The highest BCUT2D eigenvalue weighted by Gasteiger charge is 2.24. The second-order valence-corrected chi connectivity index (χ2v) is 9.63. The van der Waals surface area contributed by atoms with Gasteiger partial charge in [0.15, 0.2) is 0 Å². The molecule has 0 bridgehead atoms. The number of hydrogen-bond acceptors (Lipinski definition) is 7. The molecule has 0 aliphatic rings. The Labute approximate surface area is 173 Å². The fraction of sp³-hybridized carbons (Fsp3) is 0.316. The van der Waals surface area contributed by atoms with Gasteiger partial charge in [-0.05, 0) is 48.6 Å². The summed E-state index contributed by atoms with van der Waals surface area (Å²) in [4.78, 5) is 19.2. The number of amides is 1. The van der Waals surface area contributed by atoms with Crippen molar-refractivity contribution in [3.63, 3.8) is 0 Å². The number of likely N-dealkylation sites (N-methyl/N-ethyl adjacent to an activating group) is 1. The Bertz CT molecular complexity index is 1110. The lowest BCUT2D eigenvalue weighted by Gasteiger charge is -2.25. The SMILES string of the molecule is Cc1ccc(N(CC(=O)N(C)Cc2nc(-c3cccs3)no2)S(C)(=O)=O)cc1C. The van der Waals surface area contributed by atoms with E-state index in [1.807, 2.05) is 37.4 Å². The van der Waals surface area contributed by atoms with E-state index in [2.05, 4.69) is 10.1 Å². The minimum absolute atomic E-state index is 0.0851. The number of aryl methyl sites for hydroxylation is 2. The van der Waals surface area contributed by atoms with E-state index in [1.165, 1.54) is 16.2 Å². The standard InChI is InChI=1S/C19H22N4O4S2/c1-13-7-8-15(10-14(13)2)23(29(4,25)26)12-18(24)22(3)11-17-20-19(21-27-17)16-6-5-9-28-16/h5-10H,11-12H2,1-4H3. The molecule has 3 aromatic rings. The molecule has 2 aromatic heterocycles. The average molecular weight is 435 g/mol. The number of carbonyl (C=O) groups is 1. The molecule has 8 nitrogen and oxygen atoms in total. The third kappa shape index (κ3) is 5.01. The summed E-state index contributed by atoms with van der Waals surface area (Å²) in [5.74, 6) is 0.356. The maximum Gasteiger partial charge on any atom is 0.246 e. The Balaban J connectivity index is 1.73. The number of carbonyl (C=O) groups excluding carboxylic acids is 1. The Hall–Kier alpha value is -2.72. The number of sulfonamides is 1. The predicted molar refractivity (Wildman–Crippen MR) is 112 cm³/mol. The first-order valence-corrected chi connectivity index (χ1v) is 11.5. The highest BCUT2D eigenvalue weighted by atomic mass is 32.2. The largest absolute Gasteiger partial charge is 0.337 e. The first-order valence-electron chi connectivity index (χ1n) is 8.80. The fourth-order valence-corrected chi connectivity index (χ4v) is 4.13. The fourth-order valence-electron chi connectivity index (χ4n) is 2.64. The molecule has 0 unspecified atom stereocenters. The summed E-state index contributed by atoms with van der Waals surface area (Å²) in [6.07, 6.45) is 1.08. The zero-order valence-corrected chi connectivity index (χ0v) is 18.2. The summed E-state index contributed by atoms with van der Waals surface area (Å²) < 4.78 is 30.9. The molecule has 3 rings (SSSR count). The first kappa shape index (κ1) is 21.0. The van der Waals surface area contributed by atoms with Crippen LogP contribution in [0.1, 0.15) is 17.0 Å². The lowest BCUT2D eigenvalue weighted by Crippen LogP contribution is -2.41. The van der Waals surface area contributed by atoms with Gasteiger partial charge in [0.05, 0.1) is 23.4 Å². The third-order valence-electron chi connectivity index (χ3n) is 4.47. The maximum atomic E-state index is 12.7. The molecule has 1 amide bonds. The Kier molecular flexibility index (Phi) is 6.04. The highest BCUT2D eigenvalue weighted by Crippen LogP contribution is 2.23. The Morgan fingerprint density at radius 1 is 1.21 bits per heavy atom. The molecule has 10 heteroatoms. The molecule has 0 spiro atoms. The van der Waals surface area contributed by atoms with E-state index >= 15 is 0 Å². The van der Waals surface area contributed by atoms with Crippen LogP contribution in [0.25, 0.3) is 10.7 Å². The van der Waals surface area contributed by atoms with Crippen molar-refractivity contribution < 1.29 is 17.7 Å². The number of anilines is 1. The van der Waals surface area contributed by atoms with Crippen molar-refractivity contribution in [2.75, 3.05) is 24.2 Å². The van der Waals surface area contributed by atoms with Gasteiger partial charge in [0.25, 0.3) is 0 Å². The van der Waals surface area contributed by atoms with Crippen LogP contribution in [0, 0.1) is 13.8 Å². The number of hydrogen-bond donors (Lipinski definition) is 0. The van der Waals surface area contributed by atoms with Crippen LogP contribution in [0.3, 0.4) is 0 Å². The average Bonchev–Trinajstić information content (AvgIpc) is 3.32. The molecule has 0 atom stereocenters. The quantitative estimate of drug-likeness (QED) is 0.567. The lowest BCUT2D eigenvalue weighted by atomic mass is 10.1. The van der Waals surface area contributed by atoms with Gasteiger partial charge < -0.3 is 9.42 Å². The van der Waals surface area contributed by atoms with E-state index in [0.29, 0.717) is 11.5 Å². The van der Waals surface area contributed by atoms with Crippen molar-refractivity contribution in [2.24, 2.45) is 0 Å². The number of rotatable bonds is 7. The number of aromatic nitrogens is 2. The molecule has 0 saturated heterocycles. The first-order chi connectivity index (χ1) is 13.6. The van der Waals surface area contributed by atoms with Gasteiger partial charge in [-0.15, -0.1) is 11.3 Å². The molecule has 29 heavy (non-hydrogen) atoms. The molecule has 0 saturated carbocycles. The zero-order chi connectivity index (χ0) is 21.2. The van der Waals surface area contributed by atoms with Crippen LogP contribution >= 0.6 is 11.3 Å². The van der Waals surface area contributed by atoms with Gasteiger partial charge in [-0.1, -0.05) is 17.3 Å². The minimum Gasteiger partial charge on any atom is -0.337 e. The lowest BCUT2D eigenvalue weighted by molar-refractivity contribution is -0.129. The second-order valence-electron chi connectivity index (χ2n) is 6.78. The van der Waals surface area contributed by atoms with Crippen LogP contribution in [0.2, 0.25) is 0 Å². The summed E-state index contributed by atoms with van der Waals surface area (Å²) in [6, 6.07) is 9.05. The van der Waals surface area contributed by atoms with Crippen molar-refractivity contribution in [1.82, 2.24) is 15.0 Å². The maximum absolute atomic E-state index is 12.7. The van der Waals surface area contributed by atoms with Crippen LogP contribution in [0.15, 0.2) is 40.2 Å². The van der Waals surface area contributed by atoms with Crippen molar-refractivity contribution in [2.45, 2.75) is 20.4 Å². The van der Waals surface area contributed by atoms with E-state index in [0.717, 1.165) is 26.6 Å². The van der Waals surface area contributed by atoms with Crippen molar-refractivity contribution in [1.29, 1.82) is 0 Å².